The minimum Gasteiger partial charge on any atom is -0.396 e. The molecule has 1 spiro atoms. The Morgan fingerprint density at radius 2 is 1.52 bits per heavy atom. The van der Waals surface area contributed by atoms with Crippen LogP contribution in [0.25, 0.3) is 0 Å². The fourth-order valence-corrected chi connectivity index (χ4v) is 10.7. The second-order valence-electron chi connectivity index (χ2n) is 17.5. The molecule has 1 N–H and O–H groups in total. The van der Waals surface area contributed by atoms with E-state index in [0.29, 0.717) is 23.2 Å². The van der Waals surface area contributed by atoms with Gasteiger partial charge in [-0.25, -0.2) is 0 Å². The van der Waals surface area contributed by atoms with E-state index >= 15 is 0 Å². The van der Waals surface area contributed by atoms with Crippen LogP contribution in [0, 0.1) is 40.9 Å². The lowest BCUT2D eigenvalue weighted by Gasteiger charge is -2.44. The van der Waals surface area contributed by atoms with E-state index in [-0.39, 0.29) is 36.4 Å². The highest BCUT2D eigenvalue weighted by Crippen LogP contribution is 2.47. The first-order valence-corrected chi connectivity index (χ1v) is 20.5. The SMILES string of the molecule is CCC(=CC1CC(CN2CCN(C(=O)C3CCC(OC4CCC(C5CCC6(CC5)OCCO6)CC4CO)CC3)CC2)CCC1(C)C)CC. The molecule has 6 rings (SSSR count). The lowest BCUT2D eigenvalue weighted by Crippen LogP contribution is -2.52. The maximum absolute atomic E-state index is 13.6. The van der Waals surface area contributed by atoms with E-state index < -0.39 is 0 Å². The van der Waals surface area contributed by atoms with Gasteiger partial charge in [-0.1, -0.05) is 39.3 Å². The van der Waals surface area contributed by atoms with E-state index in [2.05, 4.69) is 43.6 Å². The van der Waals surface area contributed by atoms with Crippen molar-refractivity contribution in [2.45, 2.75) is 148 Å². The van der Waals surface area contributed by atoms with E-state index in [1.165, 1.54) is 57.9 Å². The van der Waals surface area contributed by atoms with Crippen LogP contribution in [0.1, 0.15) is 130 Å². The quantitative estimate of drug-likeness (QED) is 0.242. The first kappa shape index (κ1) is 36.8. The molecule has 7 heteroatoms. The molecule has 1 amide bonds. The van der Waals surface area contributed by atoms with Crippen molar-refractivity contribution in [2.24, 2.45) is 40.9 Å². The molecular weight excluding hydrogens is 600 g/mol. The van der Waals surface area contributed by atoms with Crippen LogP contribution in [0.4, 0.5) is 0 Å². The van der Waals surface area contributed by atoms with Gasteiger partial charge in [-0.3, -0.25) is 9.69 Å². The minimum atomic E-state index is -0.288. The molecule has 48 heavy (non-hydrogen) atoms. The number of piperazine rings is 1. The van der Waals surface area contributed by atoms with Crippen molar-refractivity contribution in [3.05, 3.63) is 11.6 Å². The largest absolute Gasteiger partial charge is 0.396 e. The van der Waals surface area contributed by atoms with E-state index in [0.717, 1.165) is 103 Å². The third-order valence-electron chi connectivity index (χ3n) is 14.2. The Hall–Kier alpha value is -0.990. The van der Waals surface area contributed by atoms with Gasteiger partial charge in [-0.2, -0.15) is 0 Å². The zero-order valence-corrected chi connectivity index (χ0v) is 31.1. The lowest BCUT2D eigenvalue weighted by molar-refractivity contribution is -0.187. The summed E-state index contributed by atoms with van der Waals surface area (Å²) in [7, 11) is 0. The fourth-order valence-electron chi connectivity index (χ4n) is 10.7. The van der Waals surface area contributed by atoms with Crippen LogP contribution < -0.4 is 0 Å². The lowest BCUT2D eigenvalue weighted by atomic mass is 9.64. The molecule has 0 aromatic carbocycles. The smallest absolute Gasteiger partial charge is 0.225 e. The van der Waals surface area contributed by atoms with E-state index in [4.69, 9.17) is 14.2 Å². The Labute approximate surface area is 292 Å². The number of amides is 1. The van der Waals surface area contributed by atoms with Crippen LogP contribution in [-0.4, -0.2) is 91.4 Å². The van der Waals surface area contributed by atoms with Crippen LogP contribution in [0.15, 0.2) is 11.6 Å². The summed E-state index contributed by atoms with van der Waals surface area (Å²) in [4.78, 5) is 18.4. The number of hydrogen-bond donors (Lipinski definition) is 1. The van der Waals surface area contributed by atoms with E-state index in [1.54, 1.807) is 5.57 Å². The first-order valence-electron chi connectivity index (χ1n) is 20.5. The van der Waals surface area contributed by atoms with Crippen LogP contribution >= 0.6 is 0 Å². The average Bonchev–Trinajstić information content (AvgIpc) is 3.57. The number of allylic oxidation sites excluding steroid dienone is 2. The van der Waals surface area contributed by atoms with E-state index in [9.17, 15) is 9.90 Å². The summed E-state index contributed by atoms with van der Waals surface area (Å²) < 4.78 is 18.6. The van der Waals surface area contributed by atoms with Crippen LogP contribution in [0.2, 0.25) is 0 Å². The highest BCUT2D eigenvalue weighted by atomic mass is 16.7. The van der Waals surface area contributed by atoms with E-state index in [1.807, 2.05) is 0 Å². The molecule has 0 radical (unpaired) electrons. The third-order valence-corrected chi connectivity index (χ3v) is 14.2. The molecule has 0 aromatic rings. The Bertz CT molecular complexity index is 1040. The molecule has 4 saturated carbocycles. The fraction of sp³-hybridized carbons (Fsp3) is 0.927. The van der Waals surface area contributed by atoms with Crippen molar-refractivity contribution in [2.75, 3.05) is 52.5 Å². The maximum atomic E-state index is 13.6. The highest BCUT2D eigenvalue weighted by Gasteiger charge is 2.44. The monoisotopic (exact) mass is 671 g/mol. The summed E-state index contributed by atoms with van der Waals surface area (Å²) in [6.07, 6.45) is 20.9. The molecule has 274 valence electrons. The maximum Gasteiger partial charge on any atom is 0.225 e. The van der Waals surface area contributed by atoms with Crippen molar-refractivity contribution in [3.8, 4) is 0 Å². The summed E-state index contributed by atoms with van der Waals surface area (Å²) in [6, 6.07) is 0. The van der Waals surface area contributed by atoms with Crippen LogP contribution in [-0.2, 0) is 19.0 Å². The van der Waals surface area contributed by atoms with Gasteiger partial charge in [-0.15, -0.1) is 0 Å². The second kappa shape index (κ2) is 16.6. The van der Waals surface area contributed by atoms with Crippen molar-refractivity contribution in [1.29, 1.82) is 0 Å². The molecule has 5 unspecified atom stereocenters. The van der Waals surface area contributed by atoms with Gasteiger partial charge in [0.2, 0.25) is 5.91 Å². The van der Waals surface area contributed by atoms with Gasteiger partial charge in [0.05, 0.1) is 25.4 Å². The van der Waals surface area contributed by atoms with Gasteiger partial charge in [0.25, 0.3) is 0 Å². The molecule has 2 saturated heterocycles. The number of aliphatic hydroxyl groups is 1. The molecule has 4 aliphatic carbocycles. The summed E-state index contributed by atoms with van der Waals surface area (Å²) in [5.74, 6) is 3.35. The van der Waals surface area contributed by atoms with Crippen molar-refractivity contribution in [1.82, 2.24) is 9.80 Å². The Morgan fingerprint density at radius 3 is 2.17 bits per heavy atom. The molecule has 2 aliphatic heterocycles. The number of carbonyl (C=O) groups excluding carboxylic acids is 1. The molecule has 7 nitrogen and oxygen atoms in total. The Kier molecular flexibility index (Phi) is 12.7. The number of aliphatic hydroxyl groups excluding tert-OH is 1. The standard InChI is InChI=1S/C41H70N2O5/c1-5-30(6-2)25-36-26-31(13-16-40(36,3)4)28-42-19-21-43(22-20-42)39(45)33-7-10-37(11-8-33)48-38-12-9-34(27-35(38)29-44)32-14-17-41(18-15-32)46-23-24-47-41/h25,31-38,44H,5-24,26-29H2,1-4H3. The van der Waals surface area contributed by atoms with Gasteiger partial charge in [0, 0.05) is 64.0 Å². The number of rotatable bonds is 10. The average molecular weight is 671 g/mol. The Morgan fingerprint density at radius 1 is 0.833 bits per heavy atom. The van der Waals surface area contributed by atoms with Crippen LogP contribution in [0.3, 0.4) is 0 Å². The minimum absolute atomic E-state index is 0.155. The molecule has 0 bridgehead atoms. The predicted molar refractivity (Wildman–Crippen MR) is 191 cm³/mol. The summed E-state index contributed by atoms with van der Waals surface area (Å²) >= 11 is 0. The summed E-state index contributed by atoms with van der Waals surface area (Å²) in [5.41, 5.74) is 2.03. The molecule has 5 atom stereocenters. The normalized spacial score (nSPS) is 36.3. The number of nitrogens with zero attached hydrogens (tertiary/aromatic N) is 2. The summed E-state index contributed by atoms with van der Waals surface area (Å²) in [5, 5.41) is 10.4. The van der Waals surface area contributed by atoms with Crippen molar-refractivity contribution in [3.63, 3.8) is 0 Å². The topological polar surface area (TPSA) is 71.5 Å². The molecule has 0 aromatic heterocycles. The molecule has 6 fully saturated rings. The number of hydrogen-bond acceptors (Lipinski definition) is 6. The molecule has 2 heterocycles. The second-order valence-corrected chi connectivity index (χ2v) is 17.5. The van der Waals surface area contributed by atoms with Crippen molar-refractivity contribution >= 4 is 5.91 Å². The predicted octanol–water partition coefficient (Wildman–Crippen LogP) is 7.61. The summed E-state index contributed by atoms with van der Waals surface area (Å²) in [6.45, 7) is 16.3. The zero-order chi connectivity index (χ0) is 33.7. The zero-order valence-electron chi connectivity index (χ0n) is 31.1. The number of ether oxygens (including phenoxy) is 3. The van der Waals surface area contributed by atoms with Crippen LogP contribution in [0.5, 0.6) is 0 Å². The van der Waals surface area contributed by atoms with Gasteiger partial charge in [0.15, 0.2) is 5.79 Å². The van der Waals surface area contributed by atoms with Gasteiger partial charge >= 0.3 is 0 Å². The molecule has 6 aliphatic rings. The Balaban J connectivity index is 0.892. The van der Waals surface area contributed by atoms with Gasteiger partial charge in [0.1, 0.15) is 0 Å². The van der Waals surface area contributed by atoms with Gasteiger partial charge < -0.3 is 24.2 Å². The van der Waals surface area contributed by atoms with Crippen molar-refractivity contribution < 1.29 is 24.1 Å². The number of carbonyl (C=O) groups is 1. The highest BCUT2D eigenvalue weighted by molar-refractivity contribution is 5.79. The molecular formula is C41H70N2O5. The van der Waals surface area contributed by atoms with Gasteiger partial charge in [-0.05, 0) is 119 Å². The third kappa shape index (κ3) is 8.89. The first-order chi connectivity index (χ1) is 23.2.